The van der Waals surface area contributed by atoms with Crippen molar-refractivity contribution in [3.63, 3.8) is 0 Å². The number of sulfonamides is 1. The number of benzene rings is 2. The fourth-order valence-corrected chi connectivity index (χ4v) is 4.20. The number of nitrogens with one attached hydrogen (secondary N) is 1. The van der Waals surface area contributed by atoms with Gasteiger partial charge in [0.05, 0.1) is 15.9 Å². The topological polar surface area (TPSA) is 110 Å². The largest absolute Gasteiger partial charge is 0.375 e. The first kappa shape index (κ1) is 23.7. The highest BCUT2D eigenvalue weighted by atomic mass is 32.2. The van der Waals surface area contributed by atoms with Gasteiger partial charge in [0, 0.05) is 45.2 Å². The molecular formula is C23H31N5O3S. The summed E-state index contributed by atoms with van der Waals surface area (Å²) in [6.45, 7) is 4.27. The van der Waals surface area contributed by atoms with Crippen molar-refractivity contribution < 1.29 is 13.2 Å². The van der Waals surface area contributed by atoms with Crippen molar-refractivity contribution in [3.8, 4) is 0 Å². The molecule has 0 unspecified atom stereocenters. The third-order valence-corrected chi connectivity index (χ3v) is 6.25. The van der Waals surface area contributed by atoms with E-state index in [0.29, 0.717) is 24.9 Å². The van der Waals surface area contributed by atoms with E-state index in [-0.39, 0.29) is 10.8 Å². The van der Waals surface area contributed by atoms with E-state index in [4.69, 9.17) is 5.14 Å². The maximum Gasteiger partial charge on any atom is 0.238 e. The summed E-state index contributed by atoms with van der Waals surface area (Å²) in [5, 5.41) is 8.22. The lowest BCUT2D eigenvalue weighted by Crippen LogP contribution is -2.28. The maximum absolute atomic E-state index is 12.3. The number of anilines is 1. The lowest BCUT2D eigenvalue weighted by atomic mass is 10.2. The summed E-state index contributed by atoms with van der Waals surface area (Å²) >= 11 is 0. The number of primary sulfonamides is 1. The zero-order chi connectivity index (χ0) is 23.1. The van der Waals surface area contributed by atoms with Gasteiger partial charge < -0.3 is 14.8 Å². The Bertz CT molecular complexity index is 1160. The van der Waals surface area contributed by atoms with Gasteiger partial charge in [-0.3, -0.25) is 4.79 Å². The van der Waals surface area contributed by atoms with Gasteiger partial charge in [0.1, 0.15) is 5.82 Å². The standard InChI is InChI=1S/C23H31N5O3S/c1-3-15-28-21-11-10-19(32(24,30)31)17-20(21)26-22(28)12-13-23(29)25-14-7-16-27(2)18-8-5-4-6-9-18/h4-6,8-11,17H,3,7,12-16H2,1-2H3,(H,25,29)(H2,24,30,31). The minimum atomic E-state index is -3.79. The van der Waals surface area contributed by atoms with Crippen molar-refractivity contribution in [1.82, 2.24) is 14.9 Å². The number of nitrogens with two attached hydrogens (primary N) is 1. The van der Waals surface area contributed by atoms with Gasteiger partial charge in [0.25, 0.3) is 0 Å². The van der Waals surface area contributed by atoms with E-state index in [0.717, 1.165) is 43.0 Å². The molecule has 0 saturated heterocycles. The molecular weight excluding hydrogens is 426 g/mol. The molecule has 0 fully saturated rings. The van der Waals surface area contributed by atoms with Crippen molar-refractivity contribution in [2.24, 2.45) is 5.14 Å². The third-order valence-electron chi connectivity index (χ3n) is 5.34. The Morgan fingerprint density at radius 3 is 2.62 bits per heavy atom. The summed E-state index contributed by atoms with van der Waals surface area (Å²) in [5.74, 6) is 0.750. The van der Waals surface area contributed by atoms with Crippen LogP contribution < -0.4 is 15.4 Å². The number of para-hydroxylation sites is 1. The molecule has 3 N–H and O–H groups in total. The van der Waals surface area contributed by atoms with E-state index in [2.05, 4.69) is 34.3 Å². The van der Waals surface area contributed by atoms with Gasteiger partial charge in [-0.2, -0.15) is 0 Å². The summed E-state index contributed by atoms with van der Waals surface area (Å²) < 4.78 is 25.3. The molecule has 1 heterocycles. The Balaban J connectivity index is 1.55. The molecule has 0 atom stereocenters. The van der Waals surface area contributed by atoms with Crippen molar-refractivity contribution in [2.45, 2.75) is 44.0 Å². The van der Waals surface area contributed by atoms with E-state index in [1.54, 1.807) is 6.07 Å². The third kappa shape index (κ3) is 6.08. The first-order chi connectivity index (χ1) is 15.3. The zero-order valence-corrected chi connectivity index (χ0v) is 19.4. The Morgan fingerprint density at radius 2 is 1.94 bits per heavy atom. The lowest BCUT2D eigenvalue weighted by Gasteiger charge is -2.19. The number of nitrogens with zero attached hydrogens (tertiary/aromatic N) is 3. The van der Waals surface area contributed by atoms with E-state index >= 15 is 0 Å². The molecule has 32 heavy (non-hydrogen) atoms. The molecule has 3 aromatic rings. The molecule has 0 aliphatic rings. The van der Waals surface area contributed by atoms with Crippen LogP contribution in [-0.4, -0.2) is 44.0 Å². The Labute approximate surface area is 189 Å². The average Bonchev–Trinajstić information content (AvgIpc) is 3.12. The number of carbonyl (C=O) groups is 1. The zero-order valence-electron chi connectivity index (χ0n) is 18.6. The Kier molecular flexibility index (Phi) is 7.87. The highest BCUT2D eigenvalue weighted by molar-refractivity contribution is 7.89. The maximum atomic E-state index is 12.3. The number of fused-ring (bicyclic) bond motifs is 1. The summed E-state index contributed by atoms with van der Waals surface area (Å²) in [4.78, 5) is 19.1. The minimum Gasteiger partial charge on any atom is -0.375 e. The average molecular weight is 458 g/mol. The molecule has 0 aliphatic carbocycles. The molecule has 0 radical (unpaired) electrons. The fraction of sp³-hybridized carbons (Fsp3) is 0.391. The van der Waals surface area contributed by atoms with E-state index in [9.17, 15) is 13.2 Å². The number of rotatable bonds is 11. The molecule has 8 nitrogen and oxygen atoms in total. The van der Waals surface area contributed by atoms with E-state index in [1.807, 2.05) is 29.8 Å². The van der Waals surface area contributed by atoms with Gasteiger partial charge in [0.2, 0.25) is 15.9 Å². The number of hydrogen-bond acceptors (Lipinski definition) is 5. The molecule has 0 aliphatic heterocycles. The summed E-state index contributed by atoms with van der Waals surface area (Å²) in [7, 11) is -1.75. The van der Waals surface area contributed by atoms with Crippen molar-refractivity contribution >= 4 is 32.7 Å². The second-order valence-electron chi connectivity index (χ2n) is 7.84. The van der Waals surface area contributed by atoms with Crippen molar-refractivity contribution in [1.29, 1.82) is 0 Å². The molecule has 0 saturated carbocycles. The first-order valence-electron chi connectivity index (χ1n) is 10.8. The molecule has 0 spiro atoms. The SMILES string of the molecule is CCCn1c(CCC(=O)NCCCN(C)c2ccccc2)nc2cc(S(N)(=O)=O)ccc21. The van der Waals surface area contributed by atoms with Crippen LogP contribution in [-0.2, 0) is 27.8 Å². The quantitative estimate of drug-likeness (QED) is 0.430. The summed E-state index contributed by atoms with van der Waals surface area (Å²) in [5.41, 5.74) is 2.57. The van der Waals surface area contributed by atoms with Crippen LogP contribution in [0.25, 0.3) is 11.0 Å². The van der Waals surface area contributed by atoms with Gasteiger partial charge in [-0.15, -0.1) is 0 Å². The van der Waals surface area contributed by atoms with Crippen LogP contribution in [0.2, 0.25) is 0 Å². The van der Waals surface area contributed by atoms with Gasteiger partial charge in [-0.05, 0) is 43.2 Å². The first-order valence-corrected chi connectivity index (χ1v) is 12.4. The fourth-order valence-electron chi connectivity index (χ4n) is 3.67. The van der Waals surface area contributed by atoms with Crippen LogP contribution in [0.15, 0.2) is 53.4 Å². The number of imidazole rings is 1. The molecule has 9 heteroatoms. The lowest BCUT2D eigenvalue weighted by molar-refractivity contribution is -0.121. The van der Waals surface area contributed by atoms with Gasteiger partial charge in [0.15, 0.2) is 0 Å². The summed E-state index contributed by atoms with van der Waals surface area (Å²) in [6.07, 6.45) is 2.55. The van der Waals surface area contributed by atoms with Crippen LogP contribution in [0.1, 0.15) is 32.0 Å². The number of carbonyl (C=O) groups excluding carboxylic acids is 1. The molecule has 1 aromatic heterocycles. The van der Waals surface area contributed by atoms with Crippen LogP contribution in [0.3, 0.4) is 0 Å². The number of aryl methyl sites for hydroxylation is 2. The molecule has 172 valence electrons. The Morgan fingerprint density at radius 1 is 1.19 bits per heavy atom. The normalized spacial score (nSPS) is 11.6. The monoisotopic (exact) mass is 457 g/mol. The minimum absolute atomic E-state index is 0.0207. The molecule has 2 aromatic carbocycles. The molecule has 3 rings (SSSR count). The van der Waals surface area contributed by atoms with Crippen molar-refractivity contribution in [3.05, 3.63) is 54.4 Å². The van der Waals surface area contributed by atoms with Gasteiger partial charge in [-0.1, -0.05) is 25.1 Å². The van der Waals surface area contributed by atoms with Crippen molar-refractivity contribution in [2.75, 3.05) is 25.0 Å². The summed E-state index contributed by atoms with van der Waals surface area (Å²) in [6, 6.07) is 14.8. The second-order valence-corrected chi connectivity index (χ2v) is 9.40. The number of aromatic nitrogens is 2. The molecule has 0 bridgehead atoms. The predicted octanol–water partition coefficient (Wildman–Crippen LogP) is 2.67. The highest BCUT2D eigenvalue weighted by Crippen LogP contribution is 2.21. The van der Waals surface area contributed by atoms with Crippen LogP contribution in [0.4, 0.5) is 5.69 Å². The number of hydrogen-bond donors (Lipinski definition) is 2. The smallest absolute Gasteiger partial charge is 0.238 e. The molecule has 1 amide bonds. The second kappa shape index (κ2) is 10.6. The van der Waals surface area contributed by atoms with Crippen LogP contribution in [0.5, 0.6) is 0 Å². The van der Waals surface area contributed by atoms with Crippen LogP contribution >= 0.6 is 0 Å². The van der Waals surface area contributed by atoms with Gasteiger partial charge in [-0.25, -0.2) is 18.5 Å². The predicted molar refractivity (Wildman–Crippen MR) is 127 cm³/mol. The van der Waals surface area contributed by atoms with E-state index in [1.165, 1.54) is 12.1 Å². The highest BCUT2D eigenvalue weighted by Gasteiger charge is 2.15. The Hall–Kier alpha value is -2.91. The van der Waals surface area contributed by atoms with Crippen LogP contribution in [0, 0.1) is 0 Å². The van der Waals surface area contributed by atoms with Gasteiger partial charge >= 0.3 is 0 Å². The number of amides is 1. The van der Waals surface area contributed by atoms with E-state index < -0.39 is 10.0 Å².